The van der Waals surface area contributed by atoms with Crippen LogP contribution in [0.2, 0.25) is 0 Å². The third-order valence-electron chi connectivity index (χ3n) is 3.29. The largest absolute Gasteiger partial charge is 0.309 e. The molecule has 2 heteroatoms. The first kappa shape index (κ1) is 11.3. The summed E-state index contributed by atoms with van der Waals surface area (Å²) >= 11 is 0. The predicted molar refractivity (Wildman–Crippen MR) is 65.9 cm³/mol. The first-order chi connectivity index (χ1) is 7.58. The average Bonchev–Trinajstić information content (AvgIpc) is 2.52. The van der Waals surface area contributed by atoms with Gasteiger partial charge in [-0.3, -0.25) is 4.79 Å². The van der Waals surface area contributed by atoms with Gasteiger partial charge in [0.15, 0.2) is 5.78 Å². The summed E-state index contributed by atoms with van der Waals surface area (Å²) in [5.74, 6) is 0.552. The summed E-state index contributed by atoms with van der Waals surface area (Å²) in [6, 6.07) is 6.18. The maximum Gasteiger partial charge on any atom is 0.166 e. The second-order valence-electron chi connectivity index (χ2n) is 5.02. The molecule has 0 bridgehead atoms. The lowest BCUT2D eigenvalue weighted by atomic mass is 10.0. The van der Waals surface area contributed by atoms with E-state index in [0.717, 1.165) is 24.9 Å². The lowest BCUT2D eigenvalue weighted by molar-refractivity contribution is 0.0925. The number of hydrogen-bond donors (Lipinski definition) is 0. The van der Waals surface area contributed by atoms with E-state index < -0.39 is 0 Å². The van der Waals surface area contributed by atoms with Crippen molar-refractivity contribution in [3.05, 3.63) is 34.9 Å². The highest BCUT2D eigenvalue weighted by molar-refractivity contribution is 6.02. The van der Waals surface area contributed by atoms with Crippen LogP contribution in [0.1, 0.15) is 27.9 Å². The number of Topliss-reactive ketones (excluding diaryl/α,β-unsaturated/α-hetero) is 1. The normalized spacial score (nSPS) is 19.2. The van der Waals surface area contributed by atoms with Crippen molar-refractivity contribution in [3.63, 3.8) is 0 Å². The van der Waals surface area contributed by atoms with E-state index in [1.54, 1.807) is 0 Å². The van der Waals surface area contributed by atoms with Crippen molar-refractivity contribution in [1.29, 1.82) is 0 Å². The molecule has 16 heavy (non-hydrogen) atoms. The Kier molecular flexibility index (Phi) is 3.10. The number of ketones is 1. The fraction of sp³-hybridized carbons (Fsp3) is 0.500. The van der Waals surface area contributed by atoms with Gasteiger partial charge in [0.05, 0.1) is 0 Å². The maximum absolute atomic E-state index is 12.1. The van der Waals surface area contributed by atoms with Gasteiger partial charge in [-0.15, -0.1) is 0 Å². The predicted octanol–water partition coefficient (Wildman–Crippen LogP) is 2.30. The number of carbonyl (C=O) groups excluding carboxylic acids is 1. The number of benzene rings is 1. The van der Waals surface area contributed by atoms with Gasteiger partial charge >= 0.3 is 0 Å². The molecule has 1 aliphatic carbocycles. The molecule has 1 atom stereocenters. The third kappa shape index (κ3) is 2.17. The molecular weight excluding hydrogens is 198 g/mol. The van der Waals surface area contributed by atoms with Crippen LogP contribution in [0.25, 0.3) is 0 Å². The van der Waals surface area contributed by atoms with Crippen LogP contribution in [0, 0.1) is 12.8 Å². The van der Waals surface area contributed by atoms with Gasteiger partial charge in [-0.05, 0) is 46.0 Å². The lowest BCUT2D eigenvalue weighted by Gasteiger charge is -2.12. The minimum atomic E-state index is 0.208. The summed E-state index contributed by atoms with van der Waals surface area (Å²) < 4.78 is 0. The minimum Gasteiger partial charge on any atom is -0.309 e. The molecule has 0 radical (unpaired) electrons. The van der Waals surface area contributed by atoms with Gasteiger partial charge in [0, 0.05) is 11.5 Å². The molecule has 0 fully saturated rings. The van der Waals surface area contributed by atoms with Gasteiger partial charge in [-0.2, -0.15) is 0 Å². The van der Waals surface area contributed by atoms with E-state index in [-0.39, 0.29) is 5.92 Å². The fourth-order valence-electron chi connectivity index (χ4n) is 2.36. The average molecular weight is 217 g/mol. The first-order valence-corrected chi connectivity index (χ1v) is 5.86. The molecule has 1 aromatic rings. The number of hydrogen-bond acceptors (Lipinski definition) is 2. The summed E-state index contributed by atoms with van der Waals surface area (Å²) in [6.07, 6.45) is 1.91. The number of rotatable bonds is 3. The van der Waals surface area contributed by atoms with E-state index >= 15 is 0 Å². The van der Waals surface area contributed by atoms with E-state index in [2.05, 4.69) is 32.0 Å². The topological polar surface area (TPSA) is 20.3 Å². The molecule has 0 saturated heterocycles. The molecule has 0 heterocycles. The molecule has 0 spiro atoms. The Hall–Kier alpha value is -1.15. The van der Waals surface area contributed by atoms with Crippen LogP contribution in [0.5, 0.6) is 0 Å². The van der Waals surface area contributed by atoms with Gasteiger partial charge in [0.2, 0.25) is 0 Å². The van der Waals surface area contributed by atoms with Crippen molar-refractivity contribution in [2.75, 3.05) is 20.6 Å². The highest BCUT2D eigenvalue weighted by atomic mass is 16.1. The van der Waals surface area contributed by atoms with E-state index in [4.69, 9.17) is 0 Å². The summed E-state index contributed by atoms with van der Waals surface area (Å²) in [4.78, 5) is 14.2. The molecule has 2 nitrogen and oxygen atoms in total. The van der Waals surface area contributed by atoms with Crippen LogP contribution in [0.3, 0.4) is 0 Å². The number of nitrogens with zero attached hydrogens (tertiary/aromatic N) is 1. The van der Waals surface area contributed by atoms with E-state index in [0.29, 0.717) is 5.78 Å². The van der Waals surface area contributed by atoms with Crippen molar-refractivity contribution < 1.29 is 4.79 Å². The van der Waals surface area contributed by atoms with Crippen LogP contribution >= 0.6 is 0 Å². The Morgan fingerprint density at radius 1 is 1.38 bits per heavy atom. The summed E-state index contributed by atoms with van der Waals surface area (Å²) in [6.45, 7) is 3.07. The van der Waals surface area contributed by atoms with Crippen molar-refractivity contribution in [1.82, 2.24) is 4.90 Å². The van der Waals surface area contributed by atoms with Crippen molar-refractivity contribution >= 4 is 5.78 Å². The SMILES string of the molecule is Cc1ccc2c(c1)CC(CCN(C)C)C2=O. The van der Waals surface area contributed by atoms with Gasteiger partial charge in [0.25, 0.3) is 0 Å². The van der Waals surface area contributed by atoms with Crippen LogP contribution in [0.4, 0.5) is 0 Å². The molecule has 1 aliphatic rings. The summed E-state index contributed by atoms with van der Waals surface area (Å²) in [7, 11) is 4.10. The molecule has 0 saturated carbocycles. The van der Waals surface area contributed by atoms with Crippen molar-refractivity contribution in [3.8, 4) is 0 Å². The fourth-order valence-corrected chi connectivity index (χ4v) is 2.36. The molecule has 0 amide bonds. The number of fused-ring (bicyclic) bond motifs is 1. The molecule has 2 rings (SSSR count). The monoisotopic (exact) mass is 217 g/mol. The second-order valence-corrected chi connectivity index (χ2v) is 5.02. The van der Waals surface area contributed by atoms with Crippen molar-refractivity contribution in [2.24, 2.45) is 5.92 Å². The summed E-state index contributed by atoms with van der Waals surface area (Å²) in [5.41, 5.74) is 3.45. The van der Waals surface area contributed by atoms with Crippen LogP contribution in [-0.2, 0) is 6.42 Å². The molecule has 1 aromatic carbocycles. The lowest BCUT2D eigenvalue weighted by Crippen LogP contribution is -2.19. The highest BCUT2D eigenvalue weighted by Gasteiger charge is 2.29. The zero-order valence-electron chi connectivity index (χ0n) is 10.3. The van der Waals surface area contributed by atoms with Crippen molar-refractivity contribution in [2.45, 2.75) is 19.8 Å². The molecule has 86 valence electrons. The first-order valence-electron chi connectivity index (χ1n) is 5.86. The third-order valence-corrected chi connectivity index (χ3v) is 3.29. The maximum atomic E-state index is 12.1. The molecule has 0 N–H and O–H groups in total. The molecule has 0 aromatic heterocycles. The second kappa shape index (κ2) is 4.38. The highest BCUT2D eigenvalue weighted by Crippen LogP contribution is 2.29. The Morgan fingerprint density at radius 2 is 2.12 bits per heavy atom. The number of aryl methyl sites for hydroxylation is 1. The number of carbonyl (C=O) groups is 1. The van der Waals surface area contributed by atoms with Gasteiger partial charge in [-0.25, -0.2) is 0 Å². The Labute approximate surface area is 97.3 Å². The summed E-state index contributed by atoms with van der Waals surface area (Å²) in [5, 5.41) is 0. The van der Waals surface area contributed by atoms with Crippen LogP contribution in [-0.4, -0.2) is 31.3 Å². The zero-order chi connectivity index (χ0) is 11.7. The Bertz CT molecular complexity index is 409. The van der Waals surface area contributed by atoms with E-state index in [9.17, 15) is 4.79 Å². The Balaban J connectivity index is 2.11. The molecule has 1 unspecified atom stereocenters. The Morgan fingerprint density at radius 3 is 2.81 bits per heavy atom. The van der Waals surface area contributed by atoms with E-state index in [1.165, 1.54) is 11.1 Å². The van der Waals surface area contributed by atoms with Gasteiger partial charge in [-0.1, -0.05) is 23.8 Å². The smallest absolute Gasteiger partial charge is 0.166 e. The van der Waals surface area contributed by atoms with E-state index in [1.807, 2.05) is 12.1 Å². The minimum absolute atomic E-state index is 0.208. The quantitative estimate of drug-likeness (QED) is 0.774. The molecular formula is C14H19NO. The molecule has 0 aliphatic heterocycles. The standard InChI is InChI=1S/C14H19NO/c1-10-4-5-13-12(8-10)9-11(14(13)16)6-7-15(2)3/h4-5,8,11H,6-7,9H2,1-3H3. The van der Waals surface area contributed by atoms with Crippen LogP contribution < -0.4 is 0 Å². The van der Waals surface area contributed by atoms with Gasteiger partial charge in [0.1, 0.15) is 0 Å². The zero-order valence-corrected chi connectivity index (χ0v) is 10.3. The van der Waals surface area contributed by atoms with Crippen LogP contribution in [0.15, 0.2) is 18.2 Å². The van der Waals surface area contributed by atoms with Gasteiger partial charge < -0.3 is 4.90 Å².